The maximum absolute atomic E-state index is 5.98. The maximum Gasteiger partial charge on any atom is 0.0947 e. The number of hydrogen-bond donors (Lipinski definition) is 0. The van der Waals surface area contributed by atoms with Gasteiger partial charge in [0.15, 0.2) is 0 Å². The highest BCUT2D eigenvalue weighted by atomic mass is 79.9. The van der Waals surface area contributed by atoms with Crippen LogP contribution in [0.5, 0.6) is 0 Å². The molecule has 6 heteroatoms. The lowest BCUT2D eigenvalue weighted by atomic mass is 10.1. The van der Waals surface area contributed by atoms with E-state index in [4.69, 9.17) is 16.3 Å². The minimum Gasteiger partial charge on any atom is -0.375 e. The van der Waals surface area contributed by atoms with E-state index in [-0.39, 0.29) is 6.10 Å². The van der Waals surface area contributed by atoms with E-state index in [2.05, 4.69) is 36.8 Å². The lowest BCUT2D eigenvalue weighted by molar-refractivity contribution is 0.0403. The summed E-state index contributed by atoms with van der Waals surface area (Å²) >= 11 is 9.41. The van der Waals surface area contributed by atoms with Crippen molar-refractivity contribution in [1.29, 1.82) is 0 Å². The third-order valence-corrected chi connectivity index (χ3v) is 5.31. The maximum atomic E-state index is 5.98. The first kappa shape index (κ1) is 18.8. The summed E-state index contributed by atoms with van der Waals surface area (Å²) in [5, 5.41) is 0.758. The highest BCUT2D eigenvalue weighted by Crippen LogP contribution is 2.21. The second-order valence-corrected chi connectivity index (χ2v) is 7.67. The van der Waals surface area contributed by atoms with Crippen LogP contribution in [0.4, 0.5) is 0 Å². The summed E-state index contributed by atoms with van der Waals surface area (Å²) < 4.78 is 6.72. The number of piperazine rings is 1. The summed E-state index contributed by atoms with van der Waals surface area (Å²) in [4.78, 5) is 9.39. The Morgan fingerprint density at radius 3 is 2.36 bits per heavy atom. The van der Waals surface area contributed by atoms with Crippen LogP contribution in [0.2, 0.25) is 5.02 Å². The number of nitrogens with zero attached hydrogens (tertiary/aromatic N) is 3. The molecule has 1 aromatic carbocycles. The van der Waals surface area contributed by atoms with Crippen LogP contribution in [-0.4, -0.2) is 54.6 Å². The molecule has 134 valence electrons. The summed E-state index contributed by atoms with van der Waals surface area (Å²) in [5.74, 6) is 0. The minimum atomic E-state index is 0.0805. The molecule has 25 heavy (non-hydrogen) atoms. The number of methoxy groups -OCH3 is 1. The quantitative estimate of drug-likeness (QED) is 0.701. The lowest BCUT2D eigenvalue weighted by Crippen LogP contribution is -2.47. The van der Waals surface area contributed by atoms with Gasteiger partial charge in [0.05, 0.1) is 11.8 Å². The van der Waals surface area contributed by atoms with E-state index in [9.17, 15) is 0 Å². The molecule has 1 atom stereocenters. The summed E-state index contributed by atoms with van der Waals surface area (Å²) in [6.07, 6.45) is 1.94. The molecule has 1 aliphatic heterocycles. The highest BCUT2D eigenvalue weighted by molar-refractivity contribution is 9.10. The largest absolute Gasteiger partial charge is 0.375 e. The van der Waals surface area contributed by atoms with Gasteiger partial charge in [0.25, 0.3) is 0 Å². The Balaban J connectivity index is 1.49. The summed E-state index contributed by atoms with van der Waals surface area (Å²) in [6.45, 7) is 6.01. The molecule has 0 radical (unpaired) electrons. The van der Waals surface area contributed by atoms with Gasteiger partial charge in [-0.3, -0.25) is 14.8 Å². The molecule has 1 saturated heterocycles. The summed E-state index contributed by atoms with van der Waals surface area (Å²) in [7, 11) is 1.77. The van der Waals surface area contributed by atoms with Crippen molar-refractivity contribution >= 4 is 27.5 Å². The molecule has 0 aliphatic carbocycles. The van der Waals surface area contributed by atoms with Gasteiger partial charge in [0.1, 0.15) is 0 Å². The Labute approximate surface area is 162 Å². The molecule has 0 saturated carbocycles. The van der Waals surface area contributed by atoms with E-state index >= 15 is 0 Å². The SMILES string of the molecule is CO[C@@H](CN1CCN(Cc2ccc(Br)cn2)CC1)c1ccc(Cl)cc1. The molecule has 2 aromatic rings. The van der Waals surface area contributed by atoms with E-state index in [1.807, 2.05) is 36.5 Å². The fourth-order valence-corrected chi connectivity index (χ4v) is 3.45. The summed E-state index contributed by atoms with van der Waals surface area (Å²) in [6, 6.07) is 12.1. The second kappa shape index (κ2) is 9.10. The molecule has 0 amide bonds. The molecule has 0 bridgehead atoms. The van der Waals surface area contributed by atoms with E-state index in [1.54, 1.807) is 7.11 Å². The van der Waals surface area contributed by atoms with Gasteiger partial charge < -0.3 is 4.74 Å². The van der Waals surface area contributed by atoms with Gasteiger partial charge in [-0.25, -0.2) is 0 Å². The van der Waals surface area contributed by atoms with Crippen LogP contribution in [0.3, 0.4) is 0 Å². The van der Waals surface area contributed by atoms with Crippen LogP contribution in [-0.2, 0) is 11.3 Å². The van der Waals surface area contributed by atoms with Gasteiger partial charge >= 0.3 is 0 Å². The average molecular weight is 425 g/mol. The van der Waals surface area contributed by atoms with Crippen molar-refractivity contribution in [2.24, 2.45) is 0 Å². The Hall–Kier alpha value is -0.980. The van der Waals surface area contributed by atoms with Crippen LogP contribution in [0, 0.1) is 0 Å². The second-order valence-electron chi connectivity index (χ2n) is 6.32. The molecule has 2 heterocycles. The van der Waals surface area contributed by atoms with Crippen molar-refractivity contribution in [3.63, 3.8) is 0 Å². The fraction of sp³-hybridized carbons (Fsp3) is 0.421. The highest BCUT2D eigenvalue weighted by Gasteiger charge is 2.21. The van der Waals surface area contributed by atoms with E-state index in [1.165, 1.54) is 5.56 Å². The first-order valence-electron chi connectivity index (χ1n) is 8.47. The van der Waals surface area contributed by atoms with E-state index in [0.717, 1.165) is 54.5 Å². The molecule has 0 unspecified atom stereocenters. The fourth-order valence-electron chi connectivity index (χ4n) is 3.09. The zero-order valence-electron chi connectivity index (χ0n) is 14.4. The van der Waals surface area contributed by atoms with Gasteiger partial charge in [-0.2, -0.15) is 0 Å². The smallest absolute Gasteiger partial charge is 0.0947 e. The first-order valence-corrected chi connectivity index (χ1v) is 9.64. The first-order chi connectivity index (χ1) is 12.1. The van der Waals surface area contributed by atoms with Gasteiger partial charge in [0, 0.05) is 62.1 Å². The predicted molar refractivity (Wildman–Crippen MR) is 105 cm³/mol. The van der Waals surface area contributed by atoms with Crippen LogP contribution >= 0.6 is 27.5 Å². The monoisotopic (exact) mass is 423 g/mol. The molecule has 1 aliphatic rings. The molecule has 4 nitrogen and oxygen atoms in total. The zero-order valence-corrected chi connectivity index (χ0v) is 16.7. The van der Waals surface area contributed by atoms with Crippen molar-refractivity contribution in [2.45, 2.75) is 12.6 Å². The van der Waals surface area contributed by atoms with Crippen LogP contribution in [0.15, 0.2) is 47.1 Å². The summed E-state index contributed by atoms with van der Waals surface area (Å²) in [5.41, 5.74) is 2.29. The molecule has 1 fully saturated rings. The van der Waals surface area contributed by atoms with Crippen molar-refractivity contribution in [3.8, 4) is 0 Å². The standard InChI is InChI=1S/C19H23BrClN3O/c1-25-19(15-2-5-17(21)6-3-15)14-24-10-8-23(9-11-24)13-18-7-4-16(20)12-22-18/h2-7,12,19H,8-11,13-14H2,1H3/t19-/m0/s1. The topological polar surface area (TPSA) is 28.6 Å². The van der Waals surface area contributed by atoms with Crippen LogP contribution in [0.25, 0.3) is 0 Å². The molecule has 1 aromatic heterocycles. The third kappa shape index (κ3) is 5.50. The predicted octanol–water partition coefficient (Wildman–Crippen LogP) is 4.00. The minimum absolute atomic E-state index is 0.0805. The van der Waals surface area contributed by atoms with Crippen molar-refractivity contribution < 1.29 is 4.74 Å². The number of rotatable bonds is 6. The normalized spacial score (nSPS) is 17.6. The third-order valence-electron chi connectivity index (χ3n) is 4.59. The Morgan fingerprint density at radius 1 is 1.08 bits per heavy atom. The van der Waals surface area contributed by atoms with Gasteiger partial charge in [-0.15, -0.1) is 0 Å². The van der Waals surface area contributed by atoms with Crippen molar-refractivity contribution in [3.05, 3.63) is 63.3 Å². The molecular weight excluding hydrogens is 402 g/mol. The van der Waals surface area contributed by atoms with Crippen LogP contribution in [0.1, 0.15) is 17.4 Å². The molecule has 0 spiro atoms. The number of aromatic nitrogens is 1. The van der Waals surface area contributed by atoms with Crippen LogP contribution < -0.4 is 0 Å². The van der Waals surface area contributed by atoms with E-state index < -0.39 is 0 Å². The molecule has 3 rings (SSSR count). The Morgan fingerprint density at radius 2 is 1.76 bits per heavy atom. The lowest BCUT2D eigenvalue weighted by Gasteiger charge is -2.36. The average Bonchev–Trinajstić information content (AvgIpc) is 2.64. The van der Waals surface area contributed by atoms with Crippen molar-refractivity contribution in [1.82, 2.24) is 14.8 Å². The Kier molecular flexibility index (Phi) is 6.84. The van der Waals surface area contributed by atoms with Gasteiger partial charge in [0.2, 0.25) is 0 Å². The zero-order chi connectivity index (χ0) is 17.6. The van der Waals surface area contributed by atoms with E-state index in [0.29, 0.717) is 0 Å². The number of benzene rings is 1. The van der Waals surface area contributed by atoms with Gasteiger partial charge in [-0.05, 0) is 45.8 Å². The van der Waals surface area contributed by atoms with Gasteiger partial charge in [-0.1, -0.05) is 23.7 Å². The molecular formula is C19H23BrClN3O. The number of hydrogen-bond acceptors (Lipinski definition) is 4. The number of pyridine rings is 1. The Bertz CT molecular complexity index is 657. The number of ether oxygens (including phenoxy) is 1. The van der Waals surface area contributed by atoms with Crippen molar-refractivity contribution in [2.75, 3.05) is 39.8 Å². The number of halogens is 2. The molecule has 0 N–H and O–H groups in total.